The van der Waals surface area contributed by atoms with E-state index < -0.39 is 47.8 Å². The highest BCUT2D eigenvalue weighted by Gasteiger charge is 2.31. The number of amides is 4. The first-order valence-electron chi connectivity index (χ1n) is 13.7. The molecule has 222 valence electrons. The zero-order valence-corrected chi connectivity index (χ0v) is 24.0. The monoisotopic (exact) mass is 567 g/mol. The Morgan fingerprint density at radius 2 is 1.68 bits per heavy atom. The first-order valence-corrected chi connectivity index (χ1v) is 13.7. The molecule has 0 aliphatic carbocycles. The van der Waals surface area contributed by atoms with Crippen LogP contribution < -0.4 is 37.6 Å². The van der Waals surface area contributed by atoms with Crippen molar-refractivity contribution < 1.29 is 24.3 Å². The van der Waals surface area contributed by atoms with E-state index in [4.69, 9.17) is 5.73 Å². The van der Waals surface area contributed by atoms with E-state index in [1.54, 1.807) is 33.3 Å². The number of likely N-dealkylation sites (N-methyl/N-ethyl adjacent to an activating group) is 1. The number of rotatable bonds is 9. The van der Waals surface area contributed by atoms with Crippen molar-refractivity contribution in [3.63, 3.8) is 0 Å². The van der Waals surface area contributed by atoms with Crippen molar-refractivity contribution in [3.8, 4) is 16.9 Å². The average Bonchev–Trinajstić information content (AvgIpc) is 2.95. The minimum absolute atomic E-state index is 0.0572. The van der Waals surface area contributed by atoms with Crippen molar-refractivity contribution in [2.75, 3.05) is 33.0 Å². The van der Waals surface area contributed by atoms with Crippen LogP contribution in [0.15, 0.2) is 36.4 Å². The smallest absolute Gasteiger partial charge is 0.243 e. The number of benzene rings is 2. The molecule has 0 fully saturated rings. The summed E-state index contributed by atoms with van der Waals surface area (Å²) in [5.74, 6) is -2.18. The molecule has 4 bridgehead atoms. The van der Waals surface area contributed by atoms with Crippen molar-refractivity contribution in [2.45, 2.75) is 56.8 Å². The lowest BCUT2D eigenvalue weighted by Crippen LogP contribution is -2.58. The number of phenols is 1. The number of nitrogens with two attached hydrogens (primary N) is 1. The Bertz CT molecular complexity index is 1270. The van der Waals surface area contributed by atoms with Crippen molar-refractivity contribution in [2.24, 2.45) is 5.73 Å². The number of hydrogen-bond acceptors (Lipinski definition) is 8. The summed E-state index contributed by atoms with van der Waals surface area (Å²) < 4.78 is 0. The fourth-order valence-corrected chi connectivity index (χ4v) is 4.77. The maximum atomic E-state index is 13.6. The number of hydrogen-bond donors (Lipinski definition) is 8. The van der Waals surface area contributed by atoms with Gasteiger partial charge in [0.1, 0.15) is 23.9 Å². The van der Waals surface area contributed by atoms with Gasteiger partial charge in [-0.15, -0.1) is 0 Å². The molecule has 0 saturated carbocycles. The highest BCUT2D eigenvalue weighted by Crippen LogP contribution is 2.30. The first kappa shape index (κ1) is 31.4. The lowest BCUT2D eigenvalue weighted by molar-refractivity contribution is -0.133. The molecule has 2 aromatic carbocycles. The Morgan fingerprint density at radius 1 is 1.00 bits per heavy atom. The summed E-state index contributed by atoms with van der Waals surface area (Å²) in [5, 5.41) is 28.0. The van der Waals surface area contributed by atoms with E-state index in [0.717, 1.165) is 22.4 Å². The number of carbonyl (C=O) groups is 4. The summed E-state index contributed by atoms with van der Waals surface area (Å²) in [6.45, 7) is 2.09. The lowest BCUT2D eigenvalue weighted by Gasteiger charge is -2.26. The van der Waals surface area contributed by atoms with Gasteiger partial charge in [-0.3, -0.25) is 19.2 Å². The van der Waals surface area contributed by atoms with Gasteiger partial charge >= 0.3 is 0 Å². The molecule has 12 heteroatoms. The van der Waals surface area contributed by atoms with E-state index in [9.17, 15) is 24.3 Å². The van der Waals surface area contributed by atoms with Gasteiger partial charge in [-0.25, -0.2) is 0 Å². The molecule has 0 unspecified atom stereocenters. The van der Waals surface area contributed by atoms with Gasteiger partial charge in [-0.1, -0.05) is 12.1 Å². The van der Waals surface area contributed by atoms with E-state index >= 15 is 0 Å². The minimum Gasteiger partial charge on any atom is -0.508 e. The van der Waals surface area contributed by atoms with E-state index in [2.05, 4.69) is 31.9 Å². The average molecular weight is 568 g/mol. The van der Waals surface area contributed by atoms with E-state index in [1.165, 1.54) is 6.92 Å². The Labute approximate surface area is 240 Å². The van der Waals surface area contributed by atoms with Crippen LogP contribution in [0.5, 0.6) is 5.75 Å². The number of carbonyl (C=O) groups excluding carboxylic acids is 4. The van der Waals surface area contributed by atoms with Crippen molar-refractivity contribution in [1.29, 1.82) is 0 Å². The van der Waals surface area contributed by atoms with Crippen LogP contribution in [0.2, 0.25) is 0 Å². The third kappa shape index (κ3) is 8.18. The predicted molar refractivity (Wildman–Crippen MR) is 157 cm³/mol. The standard InChI is InChI=1S/C29H41N7O5/c1-16(26(30)38)34-29(41)24-14-19-12-17(7-9-21(19)32-3)18-8-10-25(37)20(13-18)15-23(33-4)28(40)35-22(27(39)36-24)6-5-11-31-2/h7-10,12-13,16,22-24,31-33,37H,5-6,11,14-15H2,1-4H3,(H2,30,38)(H,34,41)(H,35,40)(H,36,39)/t16-,22-,23-,24-/m0/s1. The number of aromatic hydroxyl groups is 1. The van der Waals surface area contributed by atoms with Gasteiger partial charge in [-0.05, 0) is 86.9 Å². The predicted octanol–water partition coefficient (Wildman–Crippen LogP) is -0.253. The lowest BCUT2D eigenvalue weighted by atomic mass is 9.94. The molecule has 4 amide bonds. The molecule has 9 N–H and O–H groups in total. The molecule has 41 heavy (non-hydrogen) atoms. The van der Waals surface area contributed by atoms with Crippen LogP contribution in [-0.2, 0) is 32.0 Å². The zero-order valence-electron chi connectivity index (χ0n) is 24.0. The molecule has 1 heterocycles. The Balaban J connectivity index is 2.13. The fraction of sp³-hybridized carbons (Fsp3) is 0.448. The second-order valence-electron chi connectivity index (χ2n) is 10.2. The topological polar surface area (TPSA) is 187 Å². The van der Waals surface area contributed by atoms with Crippen LogP contribution in [0.1, 0.15) is 30.9 Å². The summed E-state index contributed by atoms with van der Waals surface area (Å²) >= 11 is 0. The summed E-state index contributed by atoms with van der Waals surface area (Å²) in [7, 11) is 5.19. The number of primary amides is 1. The third-order valence-electron chi connectivity index (χ3n) is 7.27. The first-order chi connectivity index (χ1) is 19.6. The summed E-state index contributed by atoms with van der Waals surface area (Å²) in [6.07, 6.45) is 1.18. The fourth-order valence-electron chi connectivity index (χ4n) is 4.77. The number of phenolic OH excluding ortho intramolecular Hbond substituents is 1. The molecule has 0 radical (unpaired) electrons. The van der Waals surface area contributed by atoms with Gasteiger partial charge in [0.05, 0.1) is 6.04 Å². The normalized spacial score (nSPS) is 20.0. The van der Waals surface area contributed by atoms with Gasteiger partial charge in [0.25, 0.3) is 0 Å². The molecule has 0 spiro atoms. The van der Waals surface area contributed by atoms with Crippen LogP contribution in [0.25, 0.3) is 11.1 Å². The van der Waals surface area contributed by atoms with E-state index in [-0.39, 0.29) is 18.6 Å². The maximum absolute atomic E-state index is 13.6. The Morgan fingerprint density at radius 3 is 2.32 bits per heavy atom. The number of nitrogens with one attached hydrogen (secondary N) is 6. The molecular weight excluding hydrogens is 526 g/mol. The summed E-state index contributed by atoms with van der Waals surface area (Å²) in [4.78, 5) is 52.0. The van der Waals surface area contributed by atoms with Crippen molar-refractivity contribution in [3.05, 3.63) is 47.5 Å². The van der Waals surface area contributed by atoms with Crippen molar-refractivity contribution >= 4 is 29.3 Å². The second kappa shape index (κ2) is 14.5. The summed E-state index contributed by atoms with van der Waals surface area (Å²) in [5.41, 5.74) is 9.06. The largest absolute Gasteiger partial charge is 0.508 e. The van der Waals surface area contributed by atoms with Crippen LogP contribution in [-0.4, -0.2) is 80.6 Å². The quantitative estimate of drug-likeness (QED) is 0.191. The van der Waals surface area contributed by atoms with Crippen LogP contribution in [0.4, 0.5) is 5.69 Å². The van der Waals surface area contributed by atoms with Gasteiger partial charge < -0.3 is 42.7 Å². The molecule has 12 nitrogen and oxygen atoms in total. The molecular formula is C29H41N7O5. The number of anilines is 1. The molecule has 1 aliphatic heterocycles. The third-order valence-corrected chi connectivity index (χ3v) is 7.27. The highest BCUT2D eigenvalue weighted by molar-refractivity contribution is 5.95. The highest BCUT2D eigenvalue weighted by atomic mass is 16.3. The molecule has 0 saturated heterocycles. The van der Waals surface area contributed by atoms with E-state index in [0.29, 0.717) is 24.9 Å². The van der Waals surface area contributed by atoms with Gasteiger partial charge in [0.2, 0.25) is 23.6 Å². The maximum Gasteiger partial charge on any atom is 0.243 e. The Hall–Kier alpha value is -4.16. The van der Waals surface area contributed by atoms with Gasteiger partial charge in [-0.2, -0.15) is 0 Å². The van der Waals surface area contributed by atoms with Crippen LogP contribution in [0.3, 0.4) is 0 Å². The minimum atomic E-state index is -1.07. The molecule has 3 rings (SSSR count). The Kier molecular flexibility index (Phi) is 11.1. The van der Waals surface area contributed by atoms with Gasteiger partial charge in [0, 0.05) is 25.6 Å². The van der Waals surface area contributed by atoms with E-state index in [1.807, 2.05) is 24.3 Å². The zero-order chi connectivity index (χ0) is 30.1. The molecule has 2 aromatic rings. The second-order valence-corrected chi connectivity index (χ2v) is 10.2. The molecule has 0 aromatic heterocycles. The van der Waals surface area contributed by atoms with Crippen molar-refractivity contribution in [1.82, 2.24) is 26.6 Å². The summed E-state index contributed by atoms with van der Waals surface area (Å²) in [6, 6.07) is 7.20. The van der Waals surface area contributed by atoms with Crippen LogP contribution >= 0.6 is 0 Å². The SMILES string of the molecule is CNCCC[C@@H]1NC(=O)[C@@H](NC)Cc2cc(ccc2O)-c2ccc(NC)c(c2)C[C@@H](C(=O)N[C@@H](C)C(N)=O)NC1=O. The molecule has 1 aliphatic rings. The number of fused-ring (bicyclic) bond motifs is 5. The molecule has 4 atom stereocenters. The van der Waals surface area contributed by atoms with Crippen LogP contribution in [0, 0.1) is 0 Å². The van der Waals surface area contributed by atoms with Gasteiger partial charge in [0.15, 0.2) is 0 Å².